The Morgan fingerprint density at radius 3 is 2.71 bits per heavy atom. The lowest BCUT2D eigenvalue weighted by molar-refractivity contribution is 0.00433. The number of amides is 1. The van der Waals surface area contributed by atoms with Gasteiger partial charge in [-0.05, 0) is 39.3 Å². The van der Waals surface area contributed by atoms with E-state index in [2.05, 4.69) is 10.3 Å². The maximum Gasteiger partial charge on any atom is 0.410 e. The van der Waals surface area contributed by atoms with Gasteiger partial charge in [0.1, 0.15) is 11.4 Å². The van der Waals surface area contributed by atoms with Gasteiger partial charge in [-0.15, -0.1) is 0 Å². The van der Waals surface area contributed by atoms with Gasteiger partial charge < -0.3 is 15.0 Å². The molecular formula is C15H22FN3O2. The number of ether oxygens (including phenoxy) is 1. The van der Waals surface area contributed by atoms with E-state index in [0.29, 0.717) is 13.1 Å². The lowest BCUT2D eigenvalue weighted by Crippen LogP contribution is -2.60. The summed E-state index contributed by atoms with van der Waals surface area (Å²) in [5.41, 5.74) is 0.321. The highest BCUT2D eigenvalue weighted by molar-refractivity contribution is 5.69. The molecule has 0 saturated carbocycles. The normalized spacial score (nSPS) is 17.3. The van der Waals surface area contributed by atoms with Crippen LogP contribution in [0.3, 0.4) is 0 Å². The Kier molecular flexibility index (Phi) is 4.46. The minimum absolute atomic E-state index is 0.0148. The molecule has 1 aliphatic rings. The summed E-state index contributed by atoms with van der Waals surface area (Å²) in [6.45, 7) is 8.69. The van der Waals surface area contributed by atoms with Crippen LogP contribution in [0.15, 0.2) is 18.5 Å². The monoisotopic (exact) mass is 295 g/mol. The summed E-state index contributed by atoms with van der Waals surface area (Å²) >= 11 is 0. The number of aromatic nitrogens is 1. The zero-order valence-electron chi connectivity index (χ0n) is 12.9. The average Bonchev–Trinajstić information content (AvgIpc) is 2.30. The number of nitrogens with zero attached hydrogens (tertiary/aromatic N) is 2. The van der Waals surface area contributed by atoms with Gasteiger partial charge in [-0.1, -0.05) is 0 Å². The van der Waals surface area contributed by atoms with Gasteiger partial charge in [-0.25, -0.2) is 9.18 Å². The van der Waals surface area contributed by atoms with E-state index in [1.807, 2.05) is 27.7 Å². The number of carbonyl (C=O) groups excluding carboxylic acids is 1. The number of nitrogens with one attached hydrogen (secondary N) is 1. The van der Waals surface area contributed by atoms with Crippen molar-refractivity contribution in [2.24, 2.45) is 0 Å². The van der Waals surface area contributed by atoms with E-state index in [4.69, 9.17) is 4.74 Å². The van der Waals surface area contributed by atoms with Crippen molar-refractivity contribution in [3.8, 4) is 0 Å². The molecule has 0 radical (unpaired) electrons. The second kappa shape index (κ2) is 5.97. The van der Waals surface area contributed by atoms with E-state index in [1.54, 1.807) is 11.1 Å². The van der Waals surface area contributed by atoms with Gasteiger partial charge >= 0.3 is 6.09 Å². The van der Waals surface area contributed by atoms with Crippen LogP contribution < -0.4 is 5.32 Å². The molecule has 0 spiro atoms. The lowest BCUT2D eigenvalue weighted by atomic mass is 10.1. The fourth-order valence-corrected chi connectivity index (χ4v) is 2.17. The SMILES string of the molecule is CC(NC1CN(C(=O)OC(C)(C)C)C1)c1cncc(F)c1. The highest BCUT2D eigenvalue weighted by Gasteiger charge is 2.34. The highest BCUT2D eigenvalue weighted by Crippen LogP contribution is 2.19. The van der Waals surface area contributed by atoms with E-state index < -0.39 is 5.60 Å². The lowest BCUT2D eigenvalue weighted by Gasteiger charge is -2.41. The van der Waals surface area contributed by atoms with Crippen LogP contribution in [0, 0.1) is 5.82 Å². The van der Waals surface area contributed by atoms with Gasteiger partial charge in [0.15, 0.2) is 0 Å². The zero-order valence-corrected chi connectivity index (χ0v) is 12.9. The van der Waals surface area contributed by atoms with Gasteiger partial charge in [0, 0.05) is 31.4 Å². The predicted octanol–water partition coefficient (Wildman–Crippen LogP) is 2.49. The maximum absolute atomic E-state index is 13.1. The summed E-state index contributed by atoms with van der Waals surface area (Å²) in [6.07, 6.45) is 2.54. The van der Waals surface area contributed by atoms with Crippen LogP contribution in [0.2, 0.25) is 0 Å². The van der Waals surface area contributed by atoms with Gasteiger partial charge in [0.25, 0.3) is 0 Å². The first-order valence-electron chi connectivity index (χ1n) is 7.09. The minimum atomic E-state index is -0.476. The van der Waals surface area contributed by atoms with Crippen molar-refractivity contribution in [3.05, 3.63) is 29.8 Å². The Morgan fingerprint density at radius 2 is 2.14 bits per heavy atom. The van der Waals surface area contributed by atoms with Crippen molar-refractivity contribution >= 4 is 6.09 Å². The van der Waals surface area contributed by atoms with Gasteiger partial charge in [-0.3, -0.25) is 4.98 Å². The molecule has 5 nitrogen and oxygen atoms in total. The van der Waals surface area contributed by atoms with E-state index in [1.165, 1.54) is 12.3 Å². The Labute approximate surface area is 124 Å². The molecule has 0 aliphatic carbocycles. The van der Waals surface area contributed by atoms with Gasteiger partial charge in [0.05, 0.1) is 6.20 Å². The van der Waals surface area contributed by atoms with E-state index >= 15 is 0 Å². The third kappa shape index (κ3) is 4.39. The van der Waals surface area contributed by atoms with Crippen LogP contribution in [-0.2, 0) is 4.74 Å². The Morgan fingerprint density at radius 1 is 1.48 bits per heavy atom. The molecule has 1 fully saturated rings. The minimum Gasteiger partial charge on any atom is -0.444 e. The van der Waals surface area contributed by atoms with Crippen LogP contribution in [0.25, 0.3) is 0 Å². The molecule has 6 heteroatoms. The van der Waals surface area contributed by atoms with E-state index in [9.17, 15) is 9.18 Å². The topological polar surface area (TPSA) is 54.5 Å². The van der Waals surface area contributed by atoms with Crippen LogP contribution >= 0.6 is 0 Å². The van der Waals surface area contributed by atoms with Crippen molar-refractivity contribution in [2.75, 3.05) is 13.1 Å². The summed E-state index contributed by atoms with van der Waals surface area (Å²) in [5.74, 6) is -0.342. The smallest absolute Gasteiger partial charge is 0.410 e. The van der Waals surface area contributed by atoms with Crippen molar-refractivity contribution in [3.63, 3.8) is 0 Å². The van der Waals surface area contributed by atoms with E-state index in [-0.39, 0.29) is 24.0 Å². The number of likely N-dealkylation sites (tertiary alicyclic amines) is 1. The summed E-state index contributed by atoms with van der Waals surface area (Å²) in [7, 11) is 0. The van der Waals surface area contributed by atoms with E-state index in [0.717, 1.165) is 5.56 Å². The molecule has 1 aliphatic heterocycles. The van der Waals surface area contributed by atoms with Gasteiger partial charge in [0.2, 0.25) is 0 Å². The average molecular weight is 295 g/mol. The summed E-state index contributed by atoms with van der Waals surface area (Å²) in [5, 5.41) is 3.35. The number of halogens is 1. The number of hydrogen-bond acceptors (Lipinski definition) is 4. The number of pyridine rings is 1. The molecule has 1 unspecified atom stereocenters. The summed E-state index contributed by atoms with van der Waals surface area (Å²) < 4.78 is 18.4. The van der Waals surface area contributed by atoms with Crippen LogP contribution in [-0.4, -0.2) is 40.7 Å². The third-order valence-corrected chi connectivity index (χ3v) is 3.24. The second-order valence-corrected chi connectivity index (χ2v) is 6.41. The largest absolute Gasteiger partial charge is 0.444 e. The highest BCUT2D eigenvalue weighted by atomic mass is 19.1. The number of hydrogen-bond donors (Lipinski definition) is 1. The van der Waals surface area contributed by atoms with Crippen LogP contribution in [0.1, 0.15) is 39.3 Å². The first-order chi connectivity index (χ1) is 9.74. The summed E-state index contributed by atoms with van der Waals surface area (Å²) in [6, 6.07) is 1.64. The van der Waals surface area contributed by atoms with Crippen molar-refractivity contribution < 1.29 is 13.9 Å². The van der Waals surface area contributed by atoms with Crippen LogP contribution in [0.5, 0.6) is 0 Å². The standard InChI is InChI=1S/C15H22FN3O2/c1-10(11-5-12(16)7-17-6-11)18-13-8-19(9-13)14(20)21-15(2,3)4/h5-7,10,13,18H,8-9H2,1-4H3. The first-order valence-corrected chi connectivity index (χ1v) is 7.09. The van der Waals surface area contributed by atoms with Crippen LogP contribution in [0.4, 0.5) is 9.18 Å². The molecule has 0 bridgehead atoms. The molecule has 1 aromatic heterocycles. The molecule has 1 atom stereocenters. The zero-order chi connectivity index (χ0) is 15.6. The molecule has 1 saturated heterocycles. The quantitative estimate of drug-likeness (QED) is 0.931. The third-order valence-electron chi connectivity index (χ3n) is 3.24. The number of rotatable bonds is 3. The molecule has 1 aromatic rings. The predicted molar refractivity (Wildman–Crippen MR) is 77.3 cm³/mol. The summed E-state index contributed by atoms with van der Waals surface area (Å²) in [4.78, 5) is 17.3. The first kappa shape index (κ1) is 15.7. The van der Waals surface area contributed by atoms with Crippen molar-refractivity contribution in [1.29, 1.82) is 0 Å². The maximum atomic E-state index is 13.1. The second-order valence-electron chi connectivity index (χ2n) is 6.41. The Balaban J connectivity index is 1.79. The molecule has 116 valence electrons. The molecule has 21 heavy (non-hydrogen) atoms. The Hall–Kier alpha value is -1.69. The van der Waals surface area contributed by atoms with Crippen molar-refractivity contribution in [1.82, 2.24) is 15.2 Å². The Bertz CT molecular complexity index is 510. The van der Waals surface area contributed by atoms with Gasteiger partial charge in [-0.2, -0.15) is 0 Å². The molecule has 1 amide bonds. The molecule has 2 rings (SSSR count). The fourth-order valence-electron chi connectivity index (χ4n) is 2.17. The number of carbonyl (C=O) groups is 1. The molecular weight excluding hydrogens is 273 g/mol. The molecule has 2 heterocycles. The van der Waals surface area contributed by atoms with Crippen molar-refractivity contribution in [2.45, 2.75) is 45.4 Å². The molecule has 0 aromatic carbocycles. The fraction of sp³-hybridized carbons (Fsp3) is 0.600. The molecule has 1 N–H and O–H groups in total.